The van der Waals surface area contributed by atoms with Gasteiger partial charge in [0.2, 0.25) is 0 Å². The predicted molar refractivity (Wildman–Crippen MR) is 96.0 cm³/mol. The van der Waals surface area contributed by atoms with E-state index >= 15 is 0 Å². The molecular weight excluding hydrogens is 280 g/mol. The zero-order valence-corrected chi connectivity index (χ0v) is 15.6. The third-order valence-electron chi connectivity index (χ3n) is 9.32. The fourth-order valence-corrected chi connectivity index (χ4v) is 8.12. The Morgan fingerprint density at radius 1 is 0.870 bits per heavy atom. The Labute approximate surface area is 143 Å². The van der Waals surface area contributed by atoms with Crippen LogP contribution < -0.4 is 0 Å². The molecule has 4 rings (SSSR count). The lowest BCUT2D eigenvalue weighted by Crippen LogP contribution is -2.54. The third-order valence-corrected chi connectivity index (χ3v) is 9.32. The minimum atomic E-state index is 0.426. The smallest absolute Gasteiger partial charge is 0.0467 e. The van der Waals surface area contributed by atoms with Gasteiger partial charge in [-0.3, -0.25) is 0 Å². The lowest BCUT2D eigenvalue weighted by atomic mass is 9.44. The van der Waals surface area contributed by atoms with Crippen LogP contribution in [0, 0.1) is 52.8 Å². The molecule has 0 aliphatic heterocycles. The van der Waals surface area contributed by atoms with E-state index in [1.165, 1.54) is 57.8 Å². The Balaban J connectivity index is 1.57. The molecule has 4 fully saturated rings. The Morgan fingerprint density at radius 2 is 1.65 bits per heavy atom. The molecule has 0 amide bonds. The summed E-state index contributed by atoms with van der Waals surface area (Å²) in [5.41, 5.74) is 0.433. The monoisotopic (exact) mass is 318 g/mol. The van der Waals surface area contributed by atoms with Gasteiger partial charge in [0.25, 0.3) is 0 Å². The van der Waals surface area contributed by atoms with Crippen molar-refractivity contribution in [1.29, 1.82) is 0 Å². The molecule has 9 unspecified atom stereocenters. The number of hydrogen-bond acceptors (Lipinski definition) is 1. The minimum absolute atomic E-state index is 0.426. The van der Waals surface area contributed by atoms with Crippen molar-refractivity contribution in [1.82, 2.24) is 0 Å². The number of hydrogen-bond donors (Lipinski definition) is 1. The van der Waals surface area contributed by atoms with E-state index in [0.29, 0.717) is 17.9 Å². The van der Waals surface area contributed by atoms with Crippen molar-refractivity contribution >= 4 is 0 Å². The van der Waals surface area contributed by atoms with Crippen LogP contribution in [0.1, 0.15) is 78.6 Å². The van der Waals surface area contributed by atoms with Gasteiger partial charge in [0, 0.05) is 6.61 Å². The van der Waals surface area contributed by atoms with Crippen LogP contribution in [0.25, 0.3) is 0 Å². The van der Waals surface area contributed by atoms with Crippen LogP contribution in [0.4, 0.5) is 0 Å². The Hall–Kier alpha value is -0.0400. The normalized spacial score (nSPS) is 56.3. The van der Waals surface area contributed by atoms with Gasteiger partial charge in [0.15, 0.2) is 0 Å². The molecule has 1 N–H and O–H groups in total. The molecule has 0 aromatic heterocycles. The van der Waals surface area contributed by atoms with Crippen LogP contribution in [-0.4, -0.2) is 11.7 Å². The van der Waals surface area contributed by atoms with Gasteiger partial charge in [0.1, 0.15) is 0 Å². The molecule has 0 saturated heterocycles. The van der Waals surface area contributed by atoms with Crippen LogP contribution in [-0.2, 0) is 0 Å². The van der Waals surface area contributed by atoms with Gasteiger partial charge in [-0.15, -0.1) is 0 Å². The van der Waals surface area contributed by atoms with Crippen LogP contribution in [0.15, 0.2) is 0 Å². The molecule has 0 heterocycles. The van der Waals surface area contributed by atoms with Gasteiger partial charge in [-0.1, -0.05) is 33.6 Å². The Morgan fingerprint density at radius 3 is 2.43 bits per heavy atom. The minimum Gasteiger partial charge on any atom is -0.396 e. The first-order chi connectivity index (χ1) is 11.0. The summed E-state index contributed by atoms with van der Waals surface area (Å²) in [5, 5.41) is 10.1. The fraction of sp³-hybridized carbons (Fsp3) is 1.00. The maximum absolute atomic E-state index is 10.1. The molecule has 1 nitrogen and oxygen atoms in total. The van der Waals surface area contributed by atoms with Crippen LogP contribution in [0.5, 0.6) is 0 Å². The first kappa shape index (κ1) is 16.4. The predicted octanol–water partition coefficient (Wildman–Crippen LogP) is 5.52. The van der Waals surface area contributed by atoms with E-state index in [-0.39, 0.29) is 0 Å². The Kier molecular flexibility index (Phi) is 4.32. The van der Waals surface area contributed by atoms with Crippen molar-refractivity contribution in [3.8, 4) is 0 Å². The SMILES string of the molecule is CC1CCC2C(CCC3C2CCC2(C)C(CO)C(C)CCC32)C1. The highest BCUT2D eigenvalue weighted by Crippen LogP contribution is 2.63. The topological polar surface area (TPSA) is 20.2 Å². The molecule has 4 saturated carbocycles. The van der Waals surface area contributed by atoms with E-state index in [4.69, 9.17) is 0 Å². The van der Waals surface area contributed by atoms with Gasteiger partial charge >= 0.3 is 0 Å². The van der Waals surface area contributed by atoms with Crippen molar-refractivity contribution in [3.63, 3.8) is 0 Å². The van der Waals surface area contributed by atoms with Crippen molar-refractivity contribution in [2.45, 2.75) is 78.6 Å². The molecule has 0 aromatic carbocycles. The second-order valence-corrected chi connectivity index (χ2v) is 10.2. The zero-order chi connectivity index (χ0) is 16.2. The summed E-state index contributed by atoms with van der Waals surface area (Å²) in [6, 6.07) is 0. The summed E-state index contributed by atoms with van der Waals surface area (Å²) < 4.78 is 0. The number of rotatable bonds is 1. The fourth-order valence-electron chi connectivity index (χ4n) is 8.12. The van der Waals surface area contributed by atoms with E-state index in [2.05, 4.69) is 20.8 Å². The van der Waals surface area contributed by atoms with E-state index < -0.39 is 0 Å². The molecule has 0 spiro atoms. The average molecular weight is 319 g/mol. The maximum atomic E-state index is 10.1. The molecule has 4 aliphatic rings. The highest BCUT2D eigenvalue weighted by atomic mass is 16.3. The molecule has 0 radical (unpaired) electrons. The second-order valence-electron chi connectivity index (χ2n) is 10.2. The maximum Gasteiger partial charge on any atom is 0.0467 e. The van der Waals surface area contributed by atoms with Gasteiger partial charge in [-0.05, 0) is 97.7 Å². The van der Waals surface area contributed by atoms with Gasteiger partial charge in [0.05, 0.1) is 0 Å². The van der Waals surface area contributed by atoms with E-state index in [1.807, 2.05) is 0 Å². The Bertz CT molecular complexity index is 432. The van der Waals surface area contributed by atoms with Crippen LogP contribution in [0.3, 0.4) is 0 Å². The highest BCUT2D eigenvalue weighted by Gasteiger charge is 2.56. The van der Waals surface area contributed by atoms with Gasteiger partial charge < -0.3 is 5.11 Å². The number of fused-ring (bicyclic) bond motifs is 5. The van der Waals surface area contributed by atoms with Crippen molar-refractivity contribution in [2.24, 2.45) is 52.8 Å². The molecule has 4 aliphatic carbocycles. The quantitative estimate of drug-likeness (QED) is 0.675. The standard InChI is InChI=1S/C22H38O/c1-14-4-7-17-16(12-14)6-8-19-18(17)10-11-22(3)20(19)9-5-15(2)21(22)13-23/h14-21,23H,4-13H2,1-3H3. The summed E-state index contributed by atoms with van der Waals surface area (Å²) in [6.45, 7) is 7.86. The van der Waals surface area contributed by atoms with E-state index in [9.17, 15) is 5.11 Å². The van der Waals surface area contributed by atoms with E-state index in [1.54, 1.807) is 0 Å². The third kappa shape index (κ3) is 2.52. The number of aliphatic hydroxyl groups is 1. The van der Waals surface area contributed by atoms with Gasteiger partial charge in [-0.25, -0.2) is 0 Å². The molecule has 1 heteroatoms. The van der Waals surface area contributed by atoms with E-state index in [0.717, 1.165) is 41.4 Å². The first-order valence-electron chi connectivity index (χ1n) is 10.7. The summed E-state index contributed by atoms with van der Waals surface area (Å²) in [5.74, 6) is 7.32. The first-order valence-corrected chi connectivity index (χ1v) is 10.7. The molecule has 0 aromatic rings. The number of aliphatic hydroxyl groups excluding tert-OH is 1. The molecular formula is C22H38O. The van der Waals surface area contributed by atoms with Crippen LogP contribution >= 0.6 is 0 Å². The molecule has 9 atom stereocenters. The summed E-state index contributed by atoms with van der Waals surface area (Å²) in [6.07, 6.45) is 13.2. The largest absolute Gasteiger partial charge is 0.396 e. The summed E-state index contributed by atoms with van der Waals surface area (Å²) >= 11 is 0. The average Bonchev–Trinajstić information content (AvgIpc) is 2.53. The lowest BCUT2D eigenvalue weighted by molar-refractivity contribution is -0.132. The van der Waals surface area contributed by atoms with Gasteiger partial charge in [-0.2, -0.15) is 0 Å². The second kappa shape index (κ2) is 6.04. The van der Waals surface area contributed by atoms with Crippen molar-refractivity contribution in [3.05, 3.63) is 0 Å². The molecule has 23 heavy (non-hydrogen) atoms. The lowest BCUT2D eigenvalue weighted by Gasteiger charge is -2.61. The molecule has 132 valence electrons. The van der Waals surface area contributed by atoms with Crippen LogP contribution in [0.2, 0.25) is 0 Å². The highest BCUT2D eigenvalue weighted by molar-refractivity contribution is 5.05. The van der Waals surface area contributed by atoms with Crippen molar-refractivity contribution < 1.29 is 5.11 Å². The molecule has 0 bridgehead atoms. The summed E-state index contributed by atoms with van der Waals surface area (Å²) in [7, 11) is 0. The van der Waals surface area contributed by atoms with Crippen molar-refractivity contribution in [2.75, 3.05) is 6.61 Å². The summed E-state index contributed by atoms with van der Waals surface area (Å²) in [4.78, 5) is 0. The zero-order valence-electron chi connectivity index (χ0n) is 15.6.